The van der Waals surface area contributed by atoms with Gasteiger partial charge in [-0.3, -0.25) is 14.5 Å². The lowest BCUT2D eigenvalue weighted by molar-refractivity contribution is -0.127. The molecule has 0 radical (unpaired) electrons. The van der Waals surface area contributed by atoms with Gasteiger partial charge in [-0.2, -0.15) is 0 Å². The zero-order chi connectivity index (χ0) is 14.4. The number of rotatable bonds is 6. The van der Waals surface area contributed by atoms with Gasteiger partial charge in [-0.15, -0.1) is 0 Å². The van der Waals surface area contributed by atoms with Crippen molar-refractivity contribution in [3.63, 3.8) is 0 Å². The van der Waals surface area contributed by atoms with E-state index < -0.39 is 0 Å². The molecule has 4 heteroatoms. The van der Waals surface area contributed by atoms with Crippen molar-refractivity contribution in [2.24, 2.45) is 0 Å². The van der Waals surface area contributed by atoms with Gasteiger partial charge in [0.25, 0.3) is 0 Å². The molecule has 1 aliphatic heterocycles. The number of hydrogen-bond acceptors (Lipinski definition) is 3. The summed E-state index contributed by atoms with van der Waals surface area (Å²) in [7, 11) is 0. The minimum Gasteiger partial charge on any atom is -0.356 e. The lowest BCUT2D eigenvalue weighted by Crippen LogP contribution is -2.34. The minimum atomic E-state index is -0.165. The Morgan fingerprint density at radius 3 is 2.75 bits per heavy atom. The number of hydrogen-bond donors (Lipinski definition) is 1. The normalized spacial score (nSPS) is 14.7. The van der Waals surface area contributed by atoms with Crippen LogP contribution in [0.2, 0.25) is 0 Å². The third-order valence-corrected chi connectivity index (χ3v) is 3.59. The maximum absolute atomic E-state index is 11.3. The molecule has 0 saturated carbocycles. The third-order valence-electron chi connectivity index (χ3n) is 3.59. The smallest absolute Gasteiger partial charge is 0.227 e. The van der Waals surface area contributed by atoms with Gasteiger partial charge < -0.3 is 5.32 Å². The highest BCUT2D eigenvalue weighted by molar-refractivity contribution is 5.96. The van der Waals surface area contributed by atoms with Crippen molar-refractivity contribution in [1.29, 1.82) is 0 Å². The van der Waals surface area contributed by atoms with Crippen molar-refractivity contribution in [3.05, 3.63) is 35.4 Å². The molecule has 2 rings (SSSR count). The summed E-state index contributed by atoms with van der Waals surface area (Å²) in [6.07, 6.45) is 2.02. The summed E-state index contributed by atoms with van der Waals surface area (Å²) in [6.45, 7) is 5.14. The second-order valence-corrected chi connectivity index (χ2v) is 5.38. The molecular formula is C16H22N2O2. The zero-order valence-corrected chi connectivity index (χ0v) is 12.0. The molecule has 0 spiro atoms. The van der Waals surface area contributed by atoms with Crippen LogP contribution in [0.1, 0.15) is 30.9 Å². The average Bonchev–Trinajstić information content (AvgIpc) is 2.43. The highest BCUT2D eigenvalue weighted by Crippen LogP contribution is 2.18. The van der Waals surface area contributed by atoms with Crippen LogP contribution in [0.5, 0.6) is 0 Å². The molecule has 1 N–H and O–H groups in total. The molecule has 4 nitrogen and oxygen atoms in total. The molecule has 0 unspecified atom stereocenters. The van der Waals surface area contributed by atoms with E-state index in [1.807, 2.05) is 0 Å². The van der Waals surface area contributed by atoms with Crippen LogP contribution in [0.25, 0.3) is 0 Å². The van der Waals surface area contributed by atoms with Crippen LogP contribution in [-0.4, -0.2) is 36.2 Å². The van der Waals surface area contributed by atoms with Crippen LogP contribution in [0.15, 0.2) is 24.3 Å². The van der Waals surface area contributed by atoms with E-state index in [9.17, 15) is 9.59 Å². The molecule has 0 aliphatic carbocycles. The highest BCUT2D eigenvalue weighted by Gasteiger charge is 2.14. The Balaban J connectivity index is 1.66. The van der Waals surface area contributed by atoms with Crippen LogP contribution in [-0.2, 0) is 22.6 Å². The molecule has 1 aromatic rings. The first kappa shape index (κ1) is 14.7. The van der Waals surface area contributed by atoms with Crippen LogP contribution < -0.4 is 5.32 Å². The molecule has 0 fully saturated rings. The topological polar surface area (TPSA) is 49.4 Å². The molecule has 108 valence electrons. The van der Waals surface area contributed by atoms with Crippen molar-refractivity contribution in [2.45, 2.75) is 32.7 Å². The Kier molecular flexibility index (Phi) is 5.30. The molecule has 20 heavy (non-hydrogen) atoms. The summed E-state index contributed by atoms with van der Waals surface area (Å²) in [6, 6.07) is 8.58. The summed E-state index contributed by atoms with van der Waals surface area (Å²) in [5, 5.41) is 2.79. The van der Waals surface area contributed by atoms with Crippen molar-refractivity contribution in [3.8, 4) is 0 Å². The van der Waals surface area contributed by atoms with Gasteiger partial charge in [0.05, 0.1) is 6.42 Å². The maximum atomic E-state index is 11.3. The fourth-order valence-corrected chi connectivity index (χ4v) is 2.56. The number of carbonyl (C=O) groups is 2. The molecular weight excluding hydrogens is 252 g/mol. The van der Waals surface area contributed by atoms with Gasteiger partial charge in [0.2, 0.25) is 5.91 Å². The predicted octanol–water partition coefficient (Wildman–Crippen LogP) is 1.53. The van der Waals surface area contributed by atoms with E-state index in [1.165, 1.54) is 18.1 Å². The van der Waals surface area contributed by atoms with Crippen LogP contribution in [0.4, 0.5) is 0 Å². The Bertz CT molecular complexity index is 485. The third kappa shape index (κ3) is 4.46. The fourth-order valence-electron chi connectivity index (χ4n) is 2.56. The molecule has 0 atom stereocenters. The summed E-state index contributed by atoms with van der Waals surface area (Å²) in [5.74, 6) is -0.253. The molecule has 0 aromatic heterocycles. The number of ketones is 1. The van der Waals surface area contributed by atoms with E-state index in [0.29, 0.717) is 6.54 Å². The van der Waals surface area contributed by atoms with E-state index in [4.69, 9.17) is 0 Å². The Labute approximate surface area is 120 Å². The molecule has 1 aromatic carbocycles. The predicted molar refractivity (Wildman–Crippen MR) is 78.3 cm³/mol. The lowest BCUT2D eigenvalue weighted by Gasteiger charge is -2.28. The first-order valence-electron chi connectivity index (χ1n) is 7.20. The van der Waals surface area contributed by atoms with Crippen LogP contribution in [0, 0.1) is 0 Å². The Morgan fingerprint density at radius 2 is 2.00 bits per heavy atom. The van der Waals surface area contributed by atoms with Crippen LogP contribution in [0.3, 0.4) is 0 Å². The van der Waals surface area contributed by atoms with E-state index >= 15 is 0 Å². The first-order chi connectivity index (χ1) is 9.65. The van der Waals surface area contributed by atoms with Crippen LogP contribution >= 0.6 is 0 Å². The summed E-state index contributed by atoms with van der Waals surface area (Å²) >= 11 is 0. The summed E-state index contributed by atoms with van der Waals surface area (Å²) in [4.78, 5) is 24.5. The monoisotopic (exact) mass is 274 g/mol. The maximum Gasteiger partial charge on any atom is 0.227 e. The lowest BCUT2D eigenvalue weighted by atomic mass is 10.00. The molecule has 1 aliphatic rings. The van der Waals surface area contributed by atoms with E-state index in [-0.39, 0.29) is 18.1 Å². The van der Waals surface area contributed by atoms with Gasteiger partial charge in [-0.1, -0.05) is 24.3 Å². The quantitative estimate of drug-likeness (QED) is 0.632. The number of Topliss-reactive ketones (excluding diaryl/α,β-unsaturated/α-hetero) is 1. The number of benzene rings is 1. The highest BCUT2D eigenvalue weighted by atomic mass is 16.2. The van der Waals surface area contributed by atoms with Crippen molar-refractivity contribution >= 4 is 11.7 Å². The second kappa shape index (κ2) is 7.20. The molecule has 1 amide bonds. The first-order valence-corrected chi connectivity index (χ1v) is 7.20. The number of nitrogens with one attached hydrogen (secondary N) is 1. The van der Waals surface area contributed by atoms with Gasteiger partial charge >= 0.3 is 0 Å². The standard InChI is InChI=1S/C16H22N2O2/c1-13(19)11-16(20)17-8-4-9-18-10-7-14-5-2-3-6-15(14)12-18/h2-3,5-6H,4,7-12H2,1H3,(H,17,20). The number of fused-ring (bicyclic) bond motifs is 1. The average molecular weight is 274 g/mol. The van der Waals surface area contributed by atoms with Gasteiger partial charge in [-0.25, -0.2) is 0 Å². The summed E-state index contributed by atoms with van der Waals surface area (Å²) in [5.41, 5.74) is 2.87. The Hall–Kier alpha value is -1.68. The van der Waals surface area contributed by atoms with Gasteiger partial charge in [-0.05, 0) is 30.9 Å². The zero-order valence-electron chi connectivity index (χ0n) is 12.0. The van der Waals surface area contributed by atoms with Crippen molar-refractivity contribution in [2.75, 3.05) is 19.6 Å². The van der Waals surface area contributed by atoms with Crippen molar-refractivity contribution < 1.29 is 9.59 Å². The van der Waals surface area contributed by atoms with Gasteiger partial charge in [0, 0.05) is 26.2 Å². The second-order valence-electron chi connectivity index (χ2n) is 5.38. The van der Waals surface area contributed by atoms with Crippen molar-refractivity contribution in [1.82, 2.24) is 10.2 Å². The Morgan fingerprint density at radius 1 is 1.25 bits per heavy atom. The number of amides is 1. The van der Waals surface area contributed by atoms with E-state index in [2.05, 4.69) is 34.5 Å². The fraction of sp³-hybridized carbons (Fsp3) is 0.500. The van der Waals surface area contributed by atoms with Gasteiger partial charge in [0.15, 0.2) is 0 Å². The minimum absolute atomic E-state index is 0.00289. The number of carbonyl (C=O) groups excluding carboxylic acids is 2. The number of nitrogens with zero attached hydrogens (tertiary/aromatic N) is 1. The largest absolute Gasteiger partial charge is 0.356 e. The molecule has 0 bridgehead atoms. The molecule has 0 saturated heterocycles. The molecule has 1 heterocycles. The summed E-state index contributed by atoms with van der Waals surface area (Å²) < 4.78 is 0. The van der Waals surface area contributed by atoms with E-state index in [0.717, 1.165) is 32.5 Å². The van der Waals surface area contributed by atoms with E-state index in [1.54, 1.807) is 0 Å². The SMILES string of the molecule is CC(=O)CC(=O)NCCCN1CCc2ccccc2C1. The van der Waals surface area contributed by atoms with Gasteiger partial charge in [0.1, 0.15) is 5.78 Å².